The zero-order valence-electron chi connectivity index (χ0n) is 20.8. The molecule has 0 unspecified atom stereocenters. The fourth-order valence-corrected chi connectivity index (χ4v) is 5.63. The Morgan fingerprint density at radius 1 is 1.14 bits per heavy atom. The second kappa shape index (κ2) is 9.28. The number of fused-ring (bicyclic) bond motifs is 2. The highest BCUT2D eigenvalue weighted by atomic mass is 32.1. The molecule has 7 nitrogen and oxygen atoms in total. The van der Waals surface area contributed by atoms with Crippen LogP contribution < -0.4 is 19.6 Å². The highest BCUT2D eigenvalue weighted by Crippen LogP contribution is 2.32. The number of rotatable bonds is 5. The molecule has 184 valence electrons. The molecule has 2 aromatic heterocycles. The lowest BCUT2D eigenvalue weighted by molar-refractivity contribution is -0.143. The highest BCUT2D eigenvalue weighted by Gasteiger charge is 2.33. The normalized spacial score (nSPS) is 15.8. The predicted octanol–water partition coefficient (Wildman–Crippen LogP) is 3.69. The average molecular weight is 502 g/mol. The Bertz CT molecular complexity index is 1690. The molecule has 0 fully saturated rings. The lowest BCUT2D eigenvalue weighted by Crippen LogP contribution is -2.40. The van der Waals surface area contributed by atoms with Crippen molar-refractivity contribution in [3.05, 3.63) is 96.8 Å². The van der Waals surface area contributed by atoms with Crippen molar-refractivity contribution < 1.29 is 14.3 Å². The lowest BCUT2D eigenvalue weighted by Gasteiger charge is -2.25. The number of aromatic nitrogens is 2. The van der Waals surface area contributed by atoms with E-state index in [1.54, 1.807) is 32.4 Å². The van der Waals surface area contributed by atoms with Crippen molar-refractivity contribution in [3.8, 4) is 5.75 Å². The first-order chi connectivity index (χ1) is 17.3. The Balaban J connectivity index is 1.73. The topological polar surface area (TPSA) is 74.8 Å². The van der Waals surface area contributed by atoms with E-state index in [1.165, 1.54) is 11.3 Å². The van der Waals surface area contributed by atoms with Crippen molar-refractivity contribution in [1.82, 2.24) is 9.13 Å². The van der Waals surface area contributed by atoms with Crippen LogP contribution in [0.3, 0.4) is 0 Å². The smallest absolute Gasteiger partial charge is 0.338 e. The molecule has 1 aliphatic rings. The van der Waals surface area contributed by atoms with Crippen molar-refractivity contribution >= 4 is 34.3 Å². The molecule has 2 aromatic carbocycles. The zero-order valence-corrected chi connectivity index (χ0v) is 21.6. The standard InChI is InChI=1S/C28H27N3O4S/c1-16(2)35-27(33)24-17(3)29-28-31(25(24)18-10-12-20(34-5)13-11-18)26(32)23(36-28)14-19-15-30(4)22-9-7-6-8-21(19)22/h6-16,25H,1-5H3/b23-14-/t25-/m0/s1. The van der Waals surface area contributed by atoms with Gasteiger partial charge in [0.05, 0.1) is 35.1 Å². The van der Waals surface area contributed by atoms with Crippen molar-refractivity contribution in [1.29, 1.82) is 0 Å². The average Bonchev–Trinajstić information content (AvgIpc) is 3.34. The van der Waals surface area contributed by atoms with Gasteiger partial charge in [-0.2, -0.15) is 0 Å². The van der Waals surface area contributed by atoms with E-state index in [-0.39, 0.29) is 11.7 Å². The van der Waals surface area contributed by atoms with Crippen LogP contribution in [0.1, 0.15) is 37.9 Å². The quantitative estimate of drug-likeness (QED) is 0.391. The fraction of sp³-hybridized carbons (Fsp3) is 0.250. The number of carbonyl (C=O) groups is 1. The molecular weight excluding hydrogens is 474 g/mol. The monoisotopic (exact) mass is 501 g/mol. The van der Waals surface area contributed by atoms with Gasteiger partial charge in [-0.15, -0.1) is 0 Å². The van der Waals surface area contributed by atoms with Crippen LogP contribution in [0, 0.1) is 0 Å². The molecular formula is C28H27N3O4S. The first-order valence-corrected chi connectivity index (χ1v) is 12.5. The highest BCUT2D eigenvalue weighted by molar-refractivity contribution is 7.07. The van der Waals surface area contributed by atoms with E-state index in [2.05, 4.69) is 4.99 Å². The first-order valence-electron chi connectivity index (χ1n) is 11.7. The van der Waals surface area contributed by atoms with Crippen LogP contribution in [-0.4, -0.2) is 28.3 Å². The number of esters is 1. The summed E-state index contributed by atoms with van der Waals surface area (Å²) in [7, 11) is 3.59. The summed E-state index contributed by atoms with van der Waals surface area (Å²) < 4.78 is 15.1. The summed E-state index contributed by atoms with van der Waals surface area (Å²) in [6, 6.07) is 14.8. The number of ether oxygens (including phenoxy) is 2. The Kier molecular flexibility index (Phi) is 6.14. The van der Waals surface area contributed by atoms with Gasteiger partial charge in [0.1, 0.15) is 5.75 Å². The van der Waals surface area contributed by atoms with E-state index in [1.807, 2.05) is 72.4 Å². The maximum atomic E-state index is 13.8. The Labute approximate surface area is 212 Å². The van der Waals surface area contributed by atoms with Crippen molar-refractivity contribution in [2.75, 3.05) is 7.11 Å². The molecule has 8 heteroatoms. The van der Waals surface area contributed by atoms with Gasteiger partial charge in [0.25, 0.3) is 5.56 Å². The molecule has 0 saturated heterocycles. The molecule has 1 aliphatic heterocycles. The van der Waals surface area contributed by atoms with Crippen molar-refractivity contribution in [2.45, 2.75) is 32.9 Å². The van der Waals surface area contributed by atoms with Crippen LogP contribution in [0.15, 0.2) is 75.8 Å². The molecule has 0 spiro atoms. The number of nitrogens with zero attached hydrogens (tertiary/aromatic N) is 3. The number of hydrogen-bond donors (Lipinski definition) is 0. The van der Waals surface area contributed by atoms with Crippen molar-refractivity contribution in [3.63, 3.8) is 0 Å². The molecule has 0 saturated carbocycles. The molecule has 5 rings (SSSR count). The third kappa shape index (κ3) is 4.07. The SMILES string of the molecule is COc1ccc([C@H]2C(C(=O)OC(C)C)=C(C)N=c3s/c(=C\c4cn(C)c5ccccc45)c(=O)n32)cc1. The summed E-state index contributed by atoms with van der Waals surface area (Å²) in [5.74, 6) is 0.213. The minimum Gasteiger partial charge on any atom is -0.497 e. The minimum absolute atomic E-state index is 0.199. The number of benzene rings is 2. The summed E-state index contributed by atoms with van der Waals surface area (Å²) in [5.41, 5.74) is 3.52. The number of thiazole rings is 1. The van der Waals surface area contributed by atoms with Gasteiger partial charge in [-0.3, -0.25) is 9.36 Å². The van der Waals surface area contributed by atoms with Gasteiger partial charge in [0, 0.05) is 29.7 Å². The minimum atomic E-state index is -0.659. The van der Waals surface area contributed by atoms with Crippen LogP contribution in [0.4, 0.5) is 0 Å². The number of hydrogen-bond acceptors (Lipinski definition) is 6. The summed E-state index contributed by atoms with van der Waals surface area (Å²) in [4.78, 5) is 32.3. The molecule has 0 bridgehead atoms. The number of allylic oxidation sites excluding steroid dienone is 1. The van der Waals surface area contributed by atoms with E-state index in [0.29, 0.717) is 26.4 Å². The van der Waals surface area contributed by atoms with Crippen molar-refractivity contribution in [2.24, 2.45) is 12.0 Å². The van der Waals surface area contributed by atoms with Crippen LogP contribution in [0.5, 0.6) is 5.75 Å². The third-order valence-corrected chi connectivity index (χ3v) is 7.21. The maximum Gasteiger partial charge on any atom is 0.338 e. The molecule has 1 atom stereocenters. The Hall–Kier alpha value is -3.91. The van der Waals surface area contributed by atoms with Gasteiger partial charge in [0.15, 0.2) is 4.80 Å². The second-order valence-corrected chi connectivity index (χ2v) is 10.0. The molecule has 0 amide bonds. The van der Waals surface area contributed by atoms with E-state index < -0.39 is 12.0 Å². The van der Waals surface area contributed by atoms with Gasteiger partial charge in [-0.1, -0.05) is 41.7 Å². The van der Waals surface area contributed by atoms with Crippen LogP contribution in [0.2, 0.25) is 0 Å². The number of carbonyl (C=O) groups excluding carboxylic acids is 1. The molecule has 0 aliphatic carbocycles. The molecule has 0 radical (unpaired) electrons. The van der Waals surface area contributed by atoms with E-state index in [0.717, 1.165) is 22.0 Å². The van der Waals surface area contributed by atoms with E-state index in [9.17, 15) is 9.59 Å². The first kappa shape index (κ1) is 23.8. The third-order valence-electron chi connectivity index (χ3n) is 6.23. The largest absolute Gasteiger partial charge is 0.497 e. The summed E-state index contributed by atoms with van der Waals surface area (Å²) >= 11 is 1.32. The number of para-hydroxylation sites is 1. The summed E-state index contributed by atoms with van der Waals surface area (Å²) in [6.45, 7) is 5.39. The lowest BCUT2D eigenvalue weighted by atomic mass is 9.96. The number of aryl methyl sites for hydroxylation is 1. The molecule has 3 heterocycles. The van der Waals surface area contributed by atoms with Gasteiger partial charge in [0.2, 0.25) is 0 Å². The van der Waals surface area contributed by atoms with E-state index in [4.69, 9.17) is 9.47 Å². The van der Waals surface area contributed by atoms with Gasteiger partial charge in [-0.25, -0.2) is 9.79 Å². The van der Waals surface area contributed by atoms with Gasteiger partial charge >= 0.3 is 5.97 Å². The van der Waals surface area contributed by atoms with Crippen LogP contribution in [0.25, 0.3) is 17.0 Å². The van der Waals surface area contributed by atoms with Crippen LogP contribution in [-0.2, 0) is 16.6 Å². The zero-order chi connectivity index (χ0) is 25.6. The van der Waals surface area contributed by atoms with Gasteiger partial charge in [-0.05, 0) is 50.6 Å². The summed E-state index contributed by atoms with van der Waals surface area (Å²) in [5, 5.41) is 1.06. The second-order valence-electron chi connectivity index (χ2n) is 9.02. The van der Waals surface area contributed by atoms with Gasteiger partial charge < -0.3 is 14.0 Å². The summed E-state index contributed by atoms with van der Waals surface area (Å²) in [6.07, 6.45) is 3.62. The van der Waals surface area contributed by atoms with E-state index >= 15 is 0 Å². The maximum absolute atomic E-state index is 13.8. The predicted molar refractivity (Wildman–Crippen MR) is 141 cm³/mol. The Morgan fingerprint density at radius 2 is 1.86 bits per heavy atom. The molecule has 4 aromatic rings. The molecule has 0 N–H and O–H groups in total. The molecule has 36 heavy (non-hydrogen) atoms. The van der Waals surface area contributed by atoms with Crippen LogP contribution >= 0.6 is 11.3 Å². The Morgan fingerprint density at radius 3 is 2.56 bits per heavy atom. The fourth-order valence-electron chi connectivity index (χ4n) is 4.59. The number of methoxy groups -OCH3 is 1.